The van der Waals surface area contributed by atoms with E-state index < -0.39 is 41.7 Å². The zero-order chi connectivity index (χ0) is 56.6. The van der Waals surface area contributed by atoms with Crippen LogP contribution in [0.15, 0.2) is 82.9 Å². The number of nitrogens with one attached hydrogen (secondary N) is 1. The first-order valence-electron chi connectivity index (χ1n) is 28.5. The number of aryl methyl sites for hydroxylation is 1. The predicted octanol–water partition coefficient (Wildman–Crippen LogP) is 9.10. The lowest BCUT2D eigenvalue weighted by Crippen LogP contribution is -2.58. The Labute approximate surface area is 470 Å². The molecule has 8 atom stereocenters. The molecule has 0 spiro atoms. The van der Waals surface area contributed by atoms with Crippen LogP contribution >= 0.6 is 0 Å². The fraction of sp³-hybridized carbons (Fsp3) is 0.500. The highest BCUT2D eigenvalue weighted by molar-refractivity contribution is 6.40. The maximum atomic E-state index is 15.1. The Balaban J connectivity index is 1.05. The number of hydrogen-bond donors (Lipinski definition) is 3. The third kappa shape index (κ3) is 11.2. The van der Waals surface area contributed by atoms with Crippen LogP contribution in [-0.2, 0) is 36.8 Å². The number of piperidine rings is 1. The van der Waals surface area contributed by atoms with E-state index in [0.29, 0.717) is 51.3 Å². The molecule has 16 nitrogen and oxygen atoms in total. The largest absolute Gasteiger partial charge is 0.508 e. The Bertz CT molecular complexity index is 3270. The third-order valence-electron chi connectivity index (χ3n) is 17.5. The molecule has 3 fully saturated rings. The van der Waals surface area contributed by atoms with Crippen molar-refractivity contribution in [2.45, 2.75) is 135 Å². The number of pyridine rings is 1. The smallest absolute Gasteiger partial charge is 0.282 e. The lowest BCUT2D eigenvalue weighted by molar-refractivity contribution is -0.139. The number of amides is 2. The summed E-state index contributed by atoms with van der Waals surface area (Å²) in [6, 6.07) is 22.9. The number of fused-ring (bicyclic) bond motifs is 8. The molecule has 420 valence electrons. The van der Waals surface area contributed by atoms with Crippen LogP contribution in [0.25, 0.3) is 33.3 Å². The molecule has 4 aliphatic heterocycles. The highest BCUT2D eigenvalue weighted by atomic mass is 16.5. The summed E-state index contributed by atoms with van der Waals surface area (Å²) >= 11 is 0. The van der Waals surface area contributed by atoms with Gasteiger partial charge in [0, 0.05) is 92.3 Å². The molecule has 2 aromatic heterocycles. The van der Waals surface area contributed by atoms with Gasteiger partial charge in [0.25, 0.3) is 11.8 Å². The molecule has 2 amide bonds. The summed E-state index contributed by atoms with van der Waals surface area (Å²) < 4.78 is 22.1. The number of methoxy groups -OCH3 is 1. The number of phenols is 1. The van der Waals surface area contributed by atoms with Gasteiger partial charge in [0.15, 0.2) is 0 Å². The van der Waals surface area contributed by atoms with Crippen LogP contribution in [0.4, 0.5) is 5.69 Å². The van der Waals surface area contributed by atoms with E-state index in [4.69, 9.17) is 24.2 Å². The van der Waals surface area contributed by atoms with Crippen molar-refractivity contribution in [2.24, 2.45) is 27.2 Å². The van der Waals surface area contributed by atoms with Crippen LogP contribution in [0, 0.1) is 40.4 Å². The molecule has 0 radical (unpaired) electrons. The molecule has 6 heterocycles. The lowest BCUT2D eigenvalue weighted by Gasteiger charge is -2.43. The van der Waals surface area contributed by atoms with Crippen LogP contribution in [0.3, 0.4) is 0 Å². The van der Waals surface area contributed by atoms with Crippen molar-refractivity contribution < 1.29 is 34.0 Å². The minimum atomic E-state index is -1.17. The summed E-state index contributed by atoms with van der Waals surface area (Å²) in [4.78, 5) is 47.8. The molecule has 6 bridgehead atoms. The first kappa shape index (κ1) is 56.7. The quantitative estimate of drug-likeness (QED) is 0.0685. The van der Waals surface area contributed by atoms with Gasteiger partial charge in [-0.05, 0) is 141 Å². The molecule has 0 saturated carbocycles. The number of carbonyl (C=O) groups is 2. The fourth-order valence-corrected chi connectivity index (χ4v) is 13.2. The monoisotopic (exact) mass is 1080 g/mol. The molecular weight excluding hydrogens is 1010 g/mol. The number of aromatic nitrogens is 2. The Kier molecular flexibility index (Phi) is 16.9. The number of likely N-dealkylation sites (tertiary alicyclic amines) is 1. The number of hydrogen-bond acceptors (Lipinski definition) is 13. The molecule has 10 rings (SSSR count). The van der Waals surface area contributed by atoms with Gasteiger partial charge in [0.1, 0.15) is 29.9 Å². The SMILES string of the molecule is C=Nc1ccc([C@H]2CCO[C@H]2C(O)N(C)[C@H](C(=O)N=C2Cc3cc(O)cc(c3)-c3ccc4c(c3)c3c(n4CC)-c4cc(C#CCN5CCC(C#N)CC5)cnc4C(OC)C3C(C)(C)COC(C)[C@@H]3CCCN(N3)C2=O)C(C)C)cc1. The average Bonchev–Trinajstić information content (AvgIpc) is 4.17. The van der Waals surface area contributed by atoms with Gasteiger partial charge in [0.2, 0.25) is 0 Å². The Morgan fingerprint density at radius 1 is 1.04 bits per heavy atom. The van der Waals surface area contributed by atoms with Gasteiger partial charge in [-0.1, -0.05) is 63.8 Å². The van der Waals surface area contributed by atoms with Crippen molar-refractivity contribution in [1.29, 1.82) is 5.26 Å². The highest BCUT2D eigenvalue weighted by Gasteiger charge is 2.48. The van der Waals surface area contributed by atoms with E-state index in [2.05, 4.69) is 89.5 Å². The van der Waals surface area contributed by atoms with Crippen LogP contribution < -0.4 is 5.43 Å². The summed E-state index contributed by atoms with van der Waals surface area (Å²) in [6.45, 7) is 20.3. The molecule has 1 aliphatic carbocycles. The summed E-state index contributed by atoms with van der Waals surface area (Å²) in [5.74, 6) is 5.25. The number of ether oxygens (including phenoxy) is 3. The van der Waals surface area contributed by atoms with Crippen molar-refractivity contribution in [2.75, 3.05) is 53.6 Å². The number of aliphatic hydroxyl groups is 1. The summed E-state index contributed by atoms with van der Waals surface area (Å²) in [5.41, 5.74) is 12.7. The molecule has 16 heteroatoms. The molecule has 4 unspecified atom stereocenters. The van der Waals surface area contributed by atoms with E-state index in [1.165, 1.54) is 0 Å². The predicted molar refractivity (Wildman–Crippen MR) is 310 cm³/mol. The summed E-state index contributed by atoms with van der Waals surface area (Å²) in [5, 5.41) is 35.7. The first-order valence-corrected chi connectivity index (χ1v) is 28.5. The van der Waals surface area contributed by atoms with E-state index in [9.17, 15) is 20.3 Å². The number of carbonyl (C=O) groups excluding carboxylic acids is 2. The number of likely N-dealkylation sites (N-methyl/N-ethyl adjacent to an activating group) is 1. The normalized spacial score (nSPS) is 24.7. The Morgan fingerprint density at radius 3 is 2.52 bits per heavy atom. The van der Waals surface area contributed by atoms with Gasteiger partial charge in [-0.3, -0.25) is 34.4 Å². The maximum absolute atomic E-state index is 15.1. The zero-order valence-electron chi connectivity index (χ0n) is 47.6. The van der Waals surface area contributed by atoms with Crippen LogP contribution in [0.2, 0.25) is 0 Å². The number of benzene rings is 3. The number of aromatic hydroxyl groups is 1. The van der Waals surface area contributed by atoms with E-state index in [0.717, 1.165) is 93.7 Å². The molecule has 80 heavy (non-hydrogen) atoms. The number of nitrogens with zero attached hydrogens (tertiary/aromatic N) is 8. The van der Waals surface area contributed by atoms with Gasteiger partial charge >= 0.3 is 0 Å². The number of aliphatic hydroxyl groups excluding tert-OH is 1. The molecule has 3 aromatic carbocycles. The number of nitriles is 1. The second-order valence-electron chi connectivity index (χ2n) is 23.6. The molecule has 5 aliphatic rings. The van der Waals surface area contributed by atoms with Crippen molar-refractivity contribution in [1.82, 2.24) is 29.8 Å². The van der Waals surface area contributed by atoms with E-state index in [-0.39, 0.29) is 53.7 Å². The number of aliphatic imine (C=N–C) groups is 2. The molecule has 3 saturated heterocycles. The molecular formula is C64H77N9O7. The Hall–Kier alpha value is -6.60. The standard InChI is InChI=1S/C64H77N9O7/c1-10-72-53-20-17-44-34-49(53)54-55(60(78-9)56-50(58(54)72)31-41(36-67-56)13-11-24-71-26-21-40(35-65)22-27-71)64(5,6)37-80-39(4)51-14-12-25-73(69-51)62(76)52(32-42-29-45(44)33-47(74)30-42)68-61(75)57(38(2)3)70(8)63(77)59-48(23-28-79-59)43-15-18-46(66-7)19-16-43/h15-20,29-31,33-34,36,38-40,48,51,55,57,59-60,63,69,74,77H,7,10,12,14,21-28,32,37H2,1-6,8-9H3/t39?,48-,51+,55?,57+,59-,60?,63?/m1/s1. The first-order chi connectivity index (χ1) is 38.5. The van der Waals surface area contributed by atoms with Gasteiger partial charge in [-0.2, -0.15) is 5.26 Å². The van der Waals surface area contributed by atoms with Crippen molar-refractivity contribution in [3.63, 3.8) is 0 Å². The second-order valence-corrected chi connectivity index (χ2v) is 23.6. The molecule has 3 N–H and O–H groups in total. The van der Waals surface area contributed by atoms with Crippen molar-refractivity contribution >= 4 is 40.8 Å². The number of phenolic OH excluding ortho intramolecular Hbond substituents is 1. The van der Waals surface area contributed by atoms with Crippen LogP contribution in [0.1, 0.15) is 120 Å². The molecule has 5 aromatic rings. The van der Waals surface area contributed by atoms with Gasteiger partial charge < -0.3 is 29.0 Å². The van der Waals surface area contributed by atoms with Crippen molar-refractivity contribution in [3.05, 3.63) is 101 Å². The summed E-state index contributed by atoms with van der Waals surface area (Å²) in [6.07, 6.45) is 3.05. The summed E-state index contributed by atoms with van der Waals surface area (Å²) in [7, 11) is 3.46. The lowest BCUT2D eigenvalue weighted by atomic mass is 9.67. The number of hydrazine groups is 1. The van der Waals surface area contributed by atoms with Crippen molar-refractivity contribution in [3.8, 4) is 46.0 Å². The van der Waals surface area contributed by atoms with E-state index in [1.54, 1.807) is 36.2 Å². The zero-order valence-corrected chi connectivity index (χ0v) is 47.6. The van der Waals surface area contributed by atoms with Crippen LogP contribution in [-0.4, -0.2) is 143 Å². The minimum Gasteiger partial charge on any atom is -0.508 e. The minimum absolute atomic E-state index is 0.00333. The third-order valence-corrected chi connectivity index (χ3v) is 17.5. The van der Waals surface area contributed by atoms with Gasteiger partial charge in [0.05, 0.1) is 54.5 Å². The van der Waals surface area contributed by atoms with Crippen LogP contribution in [0.5, 0.6) is 5.75 Å². The topological polar surface area (TPSA) is 190 Å². The van der Waals surface area contributed by atoms with E-state index >= 15 is 4.79 Å². The number of rotatable bonds is 10. The Morgan fingerprint density at radius 2 is 1.81 bits per heavy atom. The maximum Gasteiger partial charge on any atom is 0.282 e. The van der Waals surface area contributed by atoms with E-state index in [1.807, 2.05) is 57.3 Å². The van der Waals surface area contributed by atoms with Gasteiger partial charge in [-0.25, -0.2) is 10.4 Å². The van der Waals surface area contributed by atoms with Gasteiger partial charge in [-0.15, -0.1) is 0 Å². The fourth-order valence-electron chi connectivity index (χ4n) is 13.2. The second kappa shape index (κ2) is 23.9. The highest BCUT2D eigenvalue weighted by Crippen LogP contribution is 2.57. The average molecular weight is 1080 g/mol.